The zero-order chi connectivity index (χ0) is 0. The summed E-state index contributed by atoms with van der Waals surface area (Å²) in [5.41, 5.74) is 0. The molecule has 0 amide bonds. The number of hydrogen-bond donors (Lipinski definition) is 0. The van der Waals surface area contributed by atoms with Crippen molar-refractivity contribution in [3.63, 3.8) is 0 Å². The number of rotatable bonds is 0. The van der Waals surface area contributed by atoms with Gasteiger partial charge in [0.1, 0.15) is 0 Å². The largest absolute Gasteiger partial charge is 2.00 e. The SMILES string of the molecule is O.O.O.O.[Ca+2].[Mn].[Mn].[Mn].[Mn].[OH3+]. The first kappa shape index (κ1) is 197. The van der Waals surface area contributed by atoms with Crippen LogP contribution < -0.4 is 0 Å². The van der Waals surface area contributed by atoms with Gasteiger partial charge in [-0.3, -0.25) is 0 Å². The fraction of sp³-hybridized carbons (Fsp3) is 0. The van der Waals surface area contributed by atoms with Crippen molar-refractivity contribution in [3.05, 3.63) is 0 Å². The van der Waals surface area contributed by atoms with Crippen LogP contribution in [0.25, 0.3) is 0 Å². The van der Waals surface area contributed by atoms with Crippen LogP contribution in [0.4, 0.5) is 0 Å². The van der Waals surface area contributed by atoms with E-state index in [9.17, 15) is 0 Å². The molecule has 0 bridgehead atoms. The summed E-state index contributed by atoms with van der Waals surface area (Å²) in [7, 11) is 0. The van der Waals surface area contributed by atoms with E-state index in [0.29, 0.717) is 0 Å². The summed E-state index contributed by atoms with van der Waals surface area (Å²) in [6.45, 7) is 0. The first-order valence-corrected chi connectivity index (χ1v) is 0. The molecule has 0 unspecified atom stereocenters. The topological polar surface area (TPSA) is 159 Å². The van der Waals surface area contributed by atoms with Crippen molar-refractivity contribution in [1.29, 1.82) is 0 Å². The molecule has 0 spiro atoms. The fourth-order valence-electron chi connectivity index (χ4n) is 0. The Hall–Kier alpha value is 3.14. The predicted octanol–water partition coefficient (Wildman–Crippen LogP) is -4.61. The van der Waals surface area contributed by atoms with Crippen molar-refractivity contribution in [2.45, 2.75) is 0 Å². The zero-order valence-electron chi connectivity index (χ0n) is 4.80. The molecule has 11 N–H and O–H groups in total. The maximum atomic E-state index is 0. The van der Waals surface area contributed by atoms with E-state index in [-0.39, 0.29) is 133 Å². The minimum Gasteiger partial charge on any atom is -0.457 e. The molecule has 0 aliphatic heterocycles. The van der Waals surface area contributed by atoms with Crippen molar-refractivity contribution in [2.24, 2.45) is 0 Å². The van der Waals surface area contributed by atoms with Gasteiger partial charge in [-0.25, -0.2) is 0 Å². The van der Waals surface area contributed by atoms with Gasteiger partial charge in [-0.15, -0.1) is 0 Å². The Morgan fingerprint density at radius 3 is 0.400 bits per heavy atom. The van der Waals surface area contributed by atoms with E-state index >= 15 is 0 Å². The Balaban J connectivity index is 0. The Morgan fingerprint density at radius 2 is 0.400 bits per heavy atom. The third-order valence-electron chi connectivity index (χ3n) is 0. The average Bonchev–Trinajstić information content (AvgIpc) is 0. The smallest absolute Gasteiger partial charge is 0.457 e. The van der Waals surface area contributed by atoms with Gasteiger partial charge in [-0.05, 0) is 0 Å². The summed E-state index contributed by atoms with van der Waals surface area (Å²) in [4.78, 5) is 0. The van der Waals surface area contributed by atoms with E-state index < -0.39 is 0 Å². The molecule has 0 aromatic heterocycles. The quantitative estimate of drug-likeness (QED) is 0.304. The van der Waals surface area contributed by atoms with Crippen LogP contribution in [-0.2, 0) is 73.8 Å². The molecular weight excluding hydrogens is 340 g/mol. The summed E-state index contributed by atoms with van der Waals surface area (Å²) in [6.07, 6.45) is 0. The van der Waals surface area contributed by atoms with Gasteiger partial charge in [0.2, 0.25) is 0 Å². The molecule has 0 aromatic carbocycles. The maximum Gasteiger partial charge on any atom is 2.00 e. The van der Waals surface area contributed by atoms with Crippen LogP contribution in [0, 0.1) is 0 Å². The molecule has 0 fully saturated rings. The summed E-state index contributed by atoms with van der Waals surface area (Å²) >= 11 is 0. The van der Waals surface area contributed by atoms with E-state index in [2.05, 4.69) is 0 Å². The first-order valence-electron chi connectivity index (χ1n) is 0. The van der Waals surface area contributed by atoms with Gasteiger partial charge in [0.15, 0.2) is 0 Å². The van der Waals surface area contributed by atoms with Crippen molar-refractivity contribution in [3.8, 4) is 0 Å². The van der Waals surface area contributed by atoms with Crippen LogP contribution in [0.1, 0.15) is 0 Å². The van der Waals surface area contributed by atoms with Crippen molar-refractivity contribution in [1.82, 2.24) is 0 Å². The maximum absolute atomic E-state index is 0. The van der Waals surface area contributed by atoms with E-state index in [1.54, 1.807) is 0 Å². The molecule has 0 saturated carbocycles. The second-order valence-corrected chi connectivity index (χ2v) is 0. The Kier molecular flexibility index (Phi) is 3010. The summed E-state index contributed by atoms with van der Waals surface area (Å²) in [5.74, 6) is 0. The first-order chi connectivity index (χ1) is 0. The van der Waals surface area contributed by atoms with Crippen LogP contribution in [0.2, 0.25) is 0 Å². The van der Waals surface area contributed by atoms with Gasteiger partial charge in [0.05, 0.1) is 0 Å². The van der Waals surface area contributed by atoms with Crippen molar-refractivity contribution in [2.75, 3.05) is 0 Å². The fourth-order valence-corrected chi connectivity index (χ4v) is 0. The van der Waals surface area contributed by atoms with E-state index in [4.69, 9.17) is 0 Å². The molecule has 4 radical (unpaired) electrons. The van der Waals surface area contributed by atoms with Crippen LogP contribution in [-0.4, -0.2) is 59.6 Å². The van der Waals surface area contributed by atoms with Crippen LogP contribution in [0.5, 0.6) is 0 Å². The minimum absolute atomic E-state index is 0. The summed E-state index contributed by atoms with van der Waals surface area (Å²) < 4.78 is 0. The van der Waals surface area contributed by atoms with Gasteiger partial charge in [-0.2, -0.15) is 0 Å². The summed E-state index contributed by atoms with van der Waals surface area (Å²) in [5, 5.41) is 0. The Bertz CT molecular complexity index is 13.6. The van der Waals surface area contributed by atoms with Gasteiger partial charge >= 0.3 is 37.7 Å². The molecule has 68 valence electrons. The second kappa shape index (κ2) is 153. The molecule has 10 heavy (non-hydrogen) atoms. The van der Waals surface area contributed by atoms with Crippen molar-refractivity contribution >= 4 is 37.7 Å². The van der Waals surface area contributed by atoms with Crippen LogP contribution in [0.3, 0.4) is 0 Å². The van der Waals surface area contributed by atoms with Crippen molar-refractivity contribution < 1.29 is 95.7 Å². The van der Waals surface area contributed by atoms with E-state index in [0.717, 1.165) is 0 Å². The molecular formula is H11CaMn4O5+3. The molecule has 0 aromatic rings. The molecule has 0 aliphatic carbocycles. The van der Waals surface area contributed by atoms with E-state index in [1.807, 2.05) is 0 Å². The van der Waals surface area contributed by atoms with Gasteiger partial charge in [-0.1, -0.05) is 0 Å². The standard InChI is InChI=1S/Ca.4Mn.5H2O/h;;;;;5*1H2/q+2;;;;;;;;;/p+1. The minimum atomic E-state index is 0. The van der Waals surface area contributed by atoms with Gasteiger partial charge < -0.3 is 27.4 Å². The molecule has 0 heterocycles. The van der Waals surface area contributed by atoms with E-state index in [1.165, 1.54) is 0 Å². The third kappa shape index (κ3) is 116. The normalized spacial score (nSPS) is 0. The summed E-state index contributed by atoms with van der Waals surface area (Å²) in [6, 6.07) is 0. The second-order valence-electron chi connectivity index (χ2n) is 0. The van der Waals surface area contributed by atoms with Crippen LogP contribution >= 0.6 is 0 Å². The zero-order valence-corrected chi connectivity index (χ0v) is 11.7. The molecule has 0 rings (SSSR count). The molecule has 5 nitrogen and oxygen atoms in total. The predicted molar refractivity (Wildman–Crippen MR) is 25.1 cm³/mol. The monoisotopic (exact) mass is 351 g/mol. The molecule has 0 atom stereocenters. The molecule has 0 aliphatic rings. The van der Waals surface area contributed by atoms with Gasteiger partial charge in [0, 0.05) is 68.3 Å². The Morgan fingerprint density at radius 1 is 0.400 bits per heavy atom. The average molecular weight is 351 g/mol. The Labute approximate surface area is 131 Å². The van der Waals surface area contributed by atoms with Gasteiger partial charge in [0.25, 0.3) is 0 Å². The number of hydrogen-bond acceptors (Lipinski definition) is 0. The molecule has 0 saturated heterocycles. The third-order valence-corrected chi connectivity index (χ3v) is 0. The molecule has 10 heteroatoms. The van der Waals surface area contributed by atoms with Crippen LogP contribution in [0.15, 0.2) is 0 Å².